The molecular weight excluding hydrogens is 449 g/mol. The van der Waals surface area contributed by atoms with Crippen LogP contribution in [0.1, 0.15) is 55.7 Å². The van der Waals surface area contributed by atoms with Crippen LogP contribution in [-0.2, 0) is 11.0 Å². The normalized spacial score (nSPS) is 25.2. The zero-order valence-electron chi connectivity index (χ0n) is 18.9. The number of hydrogen-bond donors (Lipinski definition) is 3. The number of aldehydes is 1. The molecule has 3 aliphatic rings. The lowest BCUT2D eigenvalue weighted by Gasteiger charge is -2.34. The monoisotopic (exact) mass is 476 g/mol. The van der Waals surface area contributed by atoms with Crippen LogP contribution in [0.3, 0.4) is 0 Å². The molecule has 182 valence electrons. The molecule has 34 heavy (non-hydrogen) atoms. The summed E-state index contributed by atoms with van der Waals surface area (Å²) in [6, 6.07) is 3.13. The van der Waals surface area contributed by atoms with Crippen LogP contribution in [0.5, 0.6) is 0 Å². The van der Waals surface area contributed by atoms with Crippen molar-refractivity contribution in [3.63, 3.8) is 0 Å². The van der Waals surface area contributed by atoms with Crippen LogP contribution in [0, 0.1) is 5.92 Å². The maximum absolute atomic E-state index is 13.0. The summed E-state index contributed by atoms with van der Waals surface area (Å²) < 4.78 is 39.0. The Bertz CT molecular complexity index is 1060. The molecule has 1 aliphatic heterocycles. The average Bonchev–Trinajstić information content (AvgIpc) is 3.20. The lowest BCUT2D eigenvalue weighted by molar-refractivity contribution is -0.141. The van der Waals surface area contributed by atoms with E-state index in [1.165, 1.54) is 6.07 Å². The van der Waals surface area contributed by atoms with Gasteiger partial charge in [0.05, 0.1) is 11.6 Å². The summed E-state index contributed by atoms with van der Waals surface area (Å²) in [5, 5.41) is 15.4. The van der Waals surface area contributed by atoms with Crippen molar-refractivity contribution in [2.45, 2.75) is 63.4 Å². The van der Waals surface area contributed by atoms with E-state index in [1.54, 1.807) is 26.0 Å². The third kappa shape index (κ3) is 5.07. The summed E-state index contributed by atoms with van der Waals surface area (Å²) in [5.41, 5.74) is 2.13. The van der Waals surface area contributed by atoms with Crippen LogP contribution in [0.2, 0.25) is 0 Å². The Kier molecular flexibility index (Phi) is 6.39. The Balaban J connectivity index is 1.57. The number of hydrogen-bond acceptors (Lipinski definition) is 6. The number of carbonyl (C=O) groups excluding carboxylic acids is 2. The number of nitrogens with zero attached hydrogens (tertiary/aromatic N) is 2. The molecule has 7 nitrogen and oxygen atoms in total. The third-order valence-electron chi connectivity index (χ3n) is 6.38. The van der Waals surface area contributed by atoms with Crippen LogP contribution >= 0.6 is 0 Å². The third-order valence-corrected chi connectivity index (χ3v) is 6.38. The number of aliphatic hydroxyl groups is 1. The van der Waals surface area contributed by atoms with Gasteiger partial charge in [-0.1, -0.05) is 12.1 Å². The first-order valence-electron chi connectivity index (χ1n) is 11.2. The van der Waals surface area contributed by atoms with Crippen LogP contribution in [0.15, 0.2) is 53.4 Å². The minimum absolute atomic E-state index is 0.0987. The van der Waals surface area contributed by atoms with Crippen molar-refractivity contribution < 1.29 is 27.9 Å². The summed E-state index contributed by atoms with van der Waals surface area (Å²) in [7, 11) is 0. The first-order valence-corrected chi connectivity index (χ1v) is 11.2. The lowest BCUT2D eigenvalue weighted by Crippen LogP contribution is -2.45. The van der Waals surface area contributed by atoms with Crippen molar-refractivity contribution in [1.29, 1.82) is 0 Å². The van der Waals surface area contributed by atoms with E-state index in [1.807, 2.05) is 11.2 Å². The first kappa shape index (κ1) is 24.2. The van der Waals surface area contributed by atoms with Gasteiger partial charge in [0.15, 0.2) is 0 Å². The molecule has 1 aromatic heterocycles. The smallest absolute Gasteiger partial charge is 0.386 e. The highest BCUT2D eigenvalue weighted by Crippen LogP contribution is 2.34. The molecule has 10 heteroatoms. The molecule has 1 saturated carbocycles. The van der Waals surface area contributed by atoms with E-state index in [9.17, 15) is 27.9 Å². The second-order valence-electron chi connectivity index (χ2n) is 9.41. The predicted molar refractivity (Wildman–Crippen MR) is 118 cm³/mol. The number of hydrazine groups is 1. The highest BCUT2D eigenvalue weighted by atomic mass is 19.4. The summed E-state index contributed by atoms with van der Waals surface area (Å²) in [6.07, 6.45) is 5.18. The van der Waals surface area contributed by atoms with Crippen molar-refractivity contribution in [2.75, 3.05) is 0 Å². The van der Waals surface area contributed by atoms with E-state index in [2.05, 4.69) is 15.7 Å². The van der Waals surface area contributed by atoms with Gasteiger partial charge in [-0.3, -0.25) is 4.79 Å². The van der Waals surface area contributed by atoms with Crippen molar-refractivity contribution in [1.82, 2.24) is 20.7 Å². The van der Waals surface area contributed by atoms with Gasteiger partial charge in [-0.25, -0.2) is 10.4 Å². The van der Waals surface area contributed by atoms with Crippen molar-refractivity contribution >= 4 is 12.2 Å². The van der Waals surface area contributed by atoms with E-state index in [0.717, 1.165) is 49.7 Å². The maximum atomic E-state index is 13.0. The van der Waals surface area contributed by atoms with Crippen molar-refractivity contribution in [3.05, 3.63) is 64.8 Å². The standard InChI is InChI=1S/C24H27F3N4O3/c1-23(2,34)17-11-19-15(12-31(30-19)16-8-6-14(13-32)7-9-16)10-20(17)29-22(33)18-4-3-5-21(28-18)24(25,26)27/h3-5,10-14,16,19,30,34H,6-9H2,1-2H3,(H,29,33). The number of carbonyl (C=O) groups is 2. The topological polar surface area (TPSA) is 94.6 Å². The largest absolute Gasteiger partial charge is 0.433 e. The Morgan fingerprint density at radius 2 is 1.94 bits per heavy atom. The van der Waals surface area contributed by atoms with Gasteiger partial charge in [0.1, 0.15) is 17.7 Å². The molecule has 3 N–H and O–H groups in total. The van der Waals surface area contributed by atoms with E-state index < -0.39 is 23.4 Å². The Morgan fingerprint density at radius 1 is 1.24 bits per heavy atom. The fourth-order valence-corrected chi connectivity index (χ4v) is 4.54. The molecule has 1 fully saturated rings. The van der Waals surface area contributed by atoms with Crippen molar-refractivity contribution in [2.24, 2.45) is 5.92 Å². The summed E-state index contributed by atoms with van der Waals surface area (Å²) in [5.74, 6) is -0.705. The molecule has 0 spiro atoms. The summed E-state index contributed by atoms with van der Waals surface area (Å²) in [6.45, 7) is 3.15. The molecule has 0 radical (unpaired) electrons. The Morgan fingerprint density at radius 3 is 2.56 bits per heavy atom. The molecule has 0 aromatic carbocycles. The molecule has 4 rings (SSSR count). The first-order chi connectivity index (χ1) is 16.0. The van der Waals surface area contributed by atoms with Gasteiger partial charge in [0.25, 0.3) is 5.91 Å². The van der Waals surface area contributed by atoms with Gasteiger partial charge in [-0.05, 0) is 63.3 Å². The quantitative estimate of drug-likeness (QED) is 0.565. The molecule has 2 heterocycles. The van der Waals surface area contributed by atoms with Crippen molar-refractivity contribution in [3.8, 4) is 0 Å². The number of halogens is 3. The molecule has 0 bridgehead atoms. The van der Waals surface area contributed by atoms with Gasteiger partial charge >= 0.3 is 6.18 Å². The van der Waals surface area contributed by atoms with E-state index >= 15 is 0 Å². The molecule has 1 unspecified atom stereocenters. The van der Waals surface area contributed by atoms with E-state index in [4.69, 9.17) is 0 Å². The summed E-state index contributed by atoms with van der Waals surface area (Å²) >= 11 is 0. The van der Waals surface area contributed by atoms with Crippen LogP contribution in [-0.4, -0.2) is 45.0 Å². The Hall–Kier alpha value is -2.98. The van der Waals surface area contributed by atoms with Gasteiger partial charge in [-0.15, -0.1) is 0 Å². The number of pyridine rings is 1. The molecular formula is C24H27F3N4O3. The maximum Gasteiger partial charge on any atom is 0.433 e. The van der Waals surface area contributed by atoms with Crippen LogP contribution in [0.4, 0.5) is 13.2 Å². The van der Waals surface area contributed by atoms with Gasteiger partial charge in [0, 0.05) is 29.4 Å². The minimum Gasteiger partial charge on any atom is -0.386 e. The fraction of sp³-hybridized carbons (Fsp3) is 0.458. The molecule has 1 atom stereocenters. The fourth-order valence-electron chi connectivity index (χ4n) is 4.54. The van der Waals surface area contributed by atoms with E-state index in [0.29, 0.717) is 11.3 Å². The number of fused-ring (bicyclic) bond motifs is 1. The SMILES string of the molecule is CC(C)(O)C1=CC2NN(C3CCC(C=O)CC3)C=C2C=C1NC(=O)c1cccc(C(F)(F)F)n1. The number of amides is 1. The zero-order chi connectivity index (χ0) is 24.7. The molecule has 0 saturated heterocycles. The average molecular weight is 476 g/mol. The van der Waals surface area contributed by atoms with Gasteiger partial charge < -0.3 is 20.2 Å². The predicted octanol–water partition coefficient (Wildman–Crippen LogP) is 3.26. The van der Waals surface area contributed by atoms with Gasteiger partial charge in [0.2, 0.25) is 0 Å². The number of rotatable bonds is 5. The molecule has 2 aliphatic carbocycles. The molecule has 1 amide bonds. The highest BCUT2D eigenvalue weighted by Gasteiger charge is 2.36. The highest BCUT2D eigenvalue weighted by molar-refractivity contribution is 5.94. The number of nitrogens with one attached hydrogen (secondary N) is 2. The minimum atomic E-state index is -4.67. The lowest BCUT2D eigenvalue weighted by atomic mass is 9.86. The molecule has 1 aromatic rings. The second-order valence-corrected chi connectivity index (χ2v) is 9.41. The van der Waals surface area contributed by atoms with Gasteiger partial charge in [-0.2, -0.15) is 13.2 Å². The van der Waals surface area contributed by atoms with Crippen LogP contribution < -0.4 is 10.7 Å². The second kappa shape index (κ2) is 8.99. The summed E-state index contributed by atoms with van der Waals surface area (Å²) in [4.78, 5) is 27.2. The van der Waals surface area contributed by atoms with E-state index in [-0.39, 0.29) is 23.7 Å². The zero-order valence-corrected chi connectivity index (χ0v) is 18.9. The number of aromatic nitrogens is 1. The number of alkyl halides is 3. The Labute approximate surface area is 195 Å². The van der Waals surface area contributed by atoms with Crippen LogP contribution in [0.25, 0.3) is 0 Å².